The quantitative estimate of drug-likeness (QED) is 0.141. The smallest absolute Gasteiger partial charge is 0.256 e. The predicted molar refractivity (Wildman–Crippen MR) is 195 cm³/mol. The van der Waals surface area contributed by atoms with Crippen molar-refractivity contribution in [3.8, 4) is 33.8 Å². The van der Waals surface area contributed by atoms with Crippen LogP contribution in [0.25, 0.3) is 44.1 Å². The van der Waals surface area contributed by atoms with Gasteiger partial charge in [-0.25, -0.2) is 0 Å². The van der Waals surface area contributed by atoms with Crippen molar-refractivity contribution in [2.24, 2.45) is 4.99 Å². The summed E-state index contributed by atoms with van der Waals surface area (Å²) in [4.78, 5) is 19.8. The number of aryl methyl sites for hydroxylation is 1. The van der Waals surface area contributed by atoms with Gasteiger partial charge in [0.25, 0.3) is 5.91 Å². The van der Waals surface area contributed by atoms with E-state index in [0.717, 1.165) is 45.2 Å². The number of carbonyl (C=O) groups excluding carboxylic acids is 1. The molecular weight excluding hydrogens is 594 g/mol. The van der Waals surface area contributed by atoms with Gasteiger partial charge in [-0.2, -0.15) is 0 Å². The highest BCUT2D eigenvalue weighted by atomic mass is 16.5. The number of hydrogen-bond donors (Lipinski definition) is 0. The van der Waals surface area contributed by atoms with E-state index in [1.54, 1.807) is 13.2 Å². The standard InChI is InChI=1S/C42H39N3O3/c1-47-40-26-36-37(43-28-33-16-11-22-44(33)42(36)46)27-41(40)48-23-10-4-9-21-45-38-19-17-31(29-12-5-2-6-13-29)24-34(38)35-25-32(18-20-39(35)45)30-14-7-3-8-15-30/h2-3,5-8,12-15,17-20,24-28,33H,4,9-11,16,21-23H2,1H3/t33-/m0/s1. The number of aliphatic imine (C=N–C) groups is 1. The Kier molecular flexibility index (Phi) is 8.15. The lowest BCUT2D eigenvalue weighted by molar-refractivity contribution is 0.0774. The Balaban J connectivity index is 0.990. The monoisotopic (exact) mass is 633 g/mol. The first-order valence-electron chi connectivity index (χ1n) is 17.0. The van der Waals surface area contributed by atoms with Crippen molar-refractivity contribution in [1.82, 2.24) is 9.47 Å². The molecule has 0 bridgehead atoms. The molecule has 48 heavy (non-hydrogen) atoms. The average Bonchev–Trinajstić information content (AvgIpc) is 3.71. The fourth-order valence-electron chi connectivity index (χ4n) is 7.32. The van der Waals surface area contributed by atoms with Gasteiger partial charge in [0.05, 0.1) is 31.0 Å². The molecule has 1 aromatic heterocycles. The summed E-state index contributed by atoms with van der Waals surface area (Å²) in [6.07, 6.45) is 6.84. The van der Waals surface area contributed by atoms with Crippen LogP contribution in [-0.2, 0) is 6.54 Å². The van der Waals surface area contributed by atoms with Crippen molar-refractivity contribution in [2.75, 3.05) is 20.3 Å². The van der Waals surface area contributed by atoms with E-state index < -0.39 is 0 Å². The number of aromatic nitrogens is 1. The van der Waals surface area contributed by atoms with Crippen molar-refractivity contribution >= 4 is 39.6 Å². The zero-order chi connectivity index (χ0) is 32.5. The van der Waals surface area contributed by atoms with Gasteiger partial charge in [-0.15, -0.1) is 0 Å². The zero-order valence-corrected chi connectivity index (χ0v) is 27.3. The van der Waals surface area contributed by atoms with E-state index in [1.165, 1.54) is 44.1 Å². The second kappa shape index (κ2) is 13.0. The number of unbranched alkanes of at least 4 members (excludes halogenated alkanes) is 2. The lowest BCUT2D eigenvalue weighted by Crippen LogP contribution is -2.35. The first-order chi connectivity index (χ1) is 23.7. The Morgan fingerprint density at radius 3 is 2.04 bits per heavy atom. The van der Waals surface area contributed by atoms with Crippen molar-refractivity contribution < 1.29 is 14.3 Å². The van der Waals surface area contributed by atoms with Crippen LogP contribution in [0.3, 0.4) is 0 Å². The maximum absolute atomic E-state index is 13.2. The van der Waals surface area contributed by atoms with Crippen LogP contribution in [0, 0.1) is 0 Å². The zero-order valence-electron chi connectivity index (χ0n) is 27.3. The molecule has 0 spiro atoms. The second-order valence-electron chi connectivity index (χ2n) is 12.8. The van der Waals surface area contributed by atoms with Gasteiger partial charge in [0.2, 0.25) is 0 Å². The summed E-state index contributed by atoms with van der Waals surface area (Å²) < 4.78 is 14.3. The minimum absolute atomic E-state index is 0.0208. The number of rotatable bonds is 10. The van der Waals surface area contributed by atoms with Crippen LogP contribution >= 0.6 is 0 Å². The van der Waals surface area contributed by atoms with Crippen molar-refractivity contribution in [3.05, 3.63) is 115 Å². The van der Waals surface area contributed by atoms with Crippen LogP contribution in [0.5, 0.6) is 11.5 Å². The number of carbonyl (C=O) groups is 1. The number of nitrogens with zero attached hydrogens (tertiary/aromatic N) is 3. The van der Waals surface area contributed by atoms with E-state index in [1.807, 2.05) is 17.2 Å². The summed E-state index contributed by atoms with van der Waals surface area (Å²) in [5, 5.41) is 2.56. The summed E-state index contributed by atoms with van der Waals surface area (Å²) in [6, 6.07) is 38.7. The third-order valence-corrected chi connectivity index (χ3v) is 9.82. The molecule has 0 saturated carbocycles. The van der Waals surface area contributed by atoms with Crippen LogP contribution < -0.4 is 9.47 Å². The van der Waals surface area contributed by atoms with Crippen molar-refractivity contribution in [2.45, 2.75) is 44.7 Å². The van der Waals surface area contributed by atoms with Crippen molar-refractivity contribution in [3.63, 3.8) is 0 Å². The lowest BCUT2D eigenvalue weighted by Gasteiger charge is -2.20. The molecule has 1 atom stereocenters. The largest absolute Gasteiger partial charge is 0.493 e. The predicted octanol–water partition coefficient (Wildman–Crippen LogP) is 9.71. The Morgan fingerprint density at radius 1 is 0.729 bits per heavy atom. The fraction of sp³-hybridized carbons (Fsp3) is 0.238. The van der Waals surface area contributed by atoms with E-state index >= 15 is 0 Å². The normalized spacial score (nSPS) is 15.5. The van der Waals surface area contributed by atoms with Crippen LogP contribution in [0.4, 0.5) is 5.69 Å². The number of amides is 1. The molecule has 2 aliphatic rings. The van der Waals surface area contributed by atoms with Gasteiger partial charge >= 0.3 is 0 Å². The van der Waals surface area contributed by atoms with Crippen molar-refractivity contribution in [1.29, 1.82) is 0 Å². The molecule has 0 aliphatic carbocycles. The molecule has 0 radical (unpaired) electrons. The fourth-order valence-corrected chi connectivity index (χ4v) is 7.32. The number of fused-ring (bicyclic) bond motifs is 5. The molecule has 1 saturated heterocycles. The van der Waals surface area contributed by atoms with E-state index in [4.69, 9.17) is 9.47 Å². The molecule has 1 amide bonds. The van der Waals surface area contributed by atoms with E-state index in [-0.39, 0.29) is 11.9 Å². The maximum atomic E-state index is 13.2. The Hall–Kier alpha value is -5.36. The molecule has 0 N–H and O–H groups in total. The summed E-state index contributed by atoms with van der Waals surface area (Å²) in [6.45, 7) is 2.26. The van der Waals surface area contributed by atoms with Gasteiger partial charge < -0.3 is 18.9 Å². The molecule has 6 heteroatoms. The molecule has 6 aromatic rings. The summed E-state index contributed by atoms with van der Waals surface area (Å²) in [5.74, 6) is 1.23. The molecule has 5 aromatic carbocycles. The number of methoxy groups -OCH3 is 1. The van der Waals surface area contributed by atoms with Gasteiger partial charge in [-0.3, -0.25) is 9.79 Å². The highest BCUT2D eigenvalue weighted by Crippen LogP contribution is 2.39. The molecule has 240 valence electrons. The van der Waals surface area contributed by atoms with Crippen LogP contribution in [0.2, 0.25) is 0 Å². The Labute approximate surface area is 281 Å². The van der Waals surface area contributed by atoms with E-state index in [9.17, 15) is 4.79 Å². The second-order valence-corrected chi connectivity index (χ2v) is 12.8. The third kappa shape index (κ3) is 5.62. The molecular formula is C42H39N3O3. The highest BCUT2D eigenvalue weighted by molar-refractivity contribution is 6.10. The van der Waals surface area contributed by atoms with E-state index in [2.05, 4.69) is 107 Å². The average molecular weight is 634 g/mol. The third-order valence-electron chi connectivity index (χ3n) is 9.82. The molecule has 3 heterocycles. The van der Waals surface area contributed by atoms with E-state index in [0.29, 0.717) is 29.4 Å². The number of hydrogen-bond acceptors (Lipinski definition) is 4. The van der Waals surface area contributed by atoms with Crippen LogP contribution in [0.1, 0.15) is 42.5 Å². The number of ether oxygens (including phenoxy) is 2. The molecule has 2 aliphatic heterocycles. The van der Waals surface area contributed by atoms with Gasteiger partial charge in [0, 0.05) is 47.2 Å². The maximum Gasteiger partial charge on any atom is 0.256 e. The molecule has 0 unspecified atom stereocenters. The summed E-state index contributed by atoms with van der Waals surface area (Å²) >= 11 is 0. The Bertz CT molecular complexity index is 2040. The molecule has 8 rings (SSSR count). The minimum atomic E-state index is 0.0208. The first-order valence-corrected chi connectivity index (χ1v) is 17.0. The number of benzene rings is 5. The molecule has 1 fully saturated rings. The first kappa shape index (κ1) is 30.0. The van der Waals surface area contributed by atoms with Gasteiger partial charge in [0.15, 0.2) is 11.5 Å². The van der Waals surface area contributed by atoms with Crippen LogP contribution in [-0.4, -0.2) is 47.9 Å². The lowest BCUT2D eigenvalue weighted by atomic mass is 10.0. The Morgan fingerprint density at radius 2 is 1.40 bits per heavy atom. The van der Waals surface area contributed by atoms with Gasteiger partial charge in [0.1, 0.15) is 0 Å². The van der Waals surface area contributed by atoms with Gasteiger partial charge in [-0.1, -0.05) is 72.8 Å². The SMILES string of the molecule is COc1cc2c(cc1OCCCCCn1c3ccc(-c4ccccc4)cc3c3cc(-c4ccccc4)ccc31)N=C[C@@H]1CCCN1C2=O. The summed E-state index contributed by atoms with van der Waals surface area (Å²) in [7, 11) is 1.62. The molecule has 6 nitrogen and oxygen atoms in total. The van der Waals surface area contributed by atoms with Gasteiger partial charge in [-0.05, 0) is 84.7 Å². The summed E-state index contributed by atoms with van der Waals surface area (Å²) in [5.41, 5.74) is 8.67. The highest BCUT2D eigenvalue weighted by Gasteiger charge is 2.32. The minimum Gasteiger partial charge on any atom is -0.493 e. The topological polar surface area (TPSA) is 56.1 Å². The van der Waals surface area contributed by atoms with Crippen LogP contribution in [0.15, 0.2) is 114 Å².